The predicted octanol–water partition coefficient (Wildman–Crippen LogP) is 1.29. The first kappa shape index (κ1) is 10.0. The SMILES string of the molecule is O=C(c1ccccc1)c1nnn2c1OCCC2. The summed E-state index contributed by atoms with van der Waals surface area (Å²) in [7, 11) is 0. The Morgan fingerprint density at radius 1 is 1.29 bits per heavy atom. The highest BCUT2D eigenvalue weighted by Gasteiger charge is 2.24. The van der Waals surface area contributed by atoms with Crippen LogP contribution in [0.4, 0.5) is 0 Å². The Labute approximate surface area is 98.0 Å². The molecular formula is C12H11N3O2. The normalized spacial score (nSPS) is 13.9. The van der Waals surface area contributed by atoms with Crippen molar-refractivity contribution < 1.29 is 9.53 Å². The molecule has 17 heavy (non-hydrogen) atoms. The summed E-state index contributed by atoms with van der Waals surface area (Å²) in [5.41, 5.74) is 0.904. The van der Waals surface area contributed by atoms with E-state index in [9.17, 15) is 4.79 Å². The summed E-state index contributed by atoms with van der Waals surface area (Å²) >= 11 is 0. The maximum absolute atomic E-state index is 12.2. The van der Waals surface area contributed by atoms with Crippen LogP contribution >= 0.6 is 0 Å². The molecule has 0 unspecified atom stereocenters. The monoisotopic (exact) mass is 229 g/mol. The summed E-state index contributed by atoms with van der Waals surface area (Å²) in [4.78, 5) is 12.2. The highest BCUT2D eigenvalue weighted by molar-refractivity contribution is 6.09. The minimum Gasteiger partial charge on any atom is -0.476 e. The maximum atomic E-state index is 12.2. The Morgan fingerprint density at radius 3 is 2.94 bits per heavy atom. The Morgan fingerprint density at radius 2 is 2.12 bits per heavy atom. The van der Waals surface area contributed by atoms with Gasteiger partial charge in [0.25, 0.3) is 0 Å². The molecule has 3 rings (SSSR count). The Hall–Kier alpha value is -2.17. The minimum absolute atomic E-state index is 0.145. The summed E-state index contributed by atoms with van der Waals surface area (Å²) < 4.78 is 7.09. The first-order chi connectivity index (χ1) is 8.36. The largest absolute Gasteiger partial charge is 0.476 e. The molecule has 0 aliphatic carbocycles. The number of ether oxygens (including phenoxy) is 1. The zero-order valence-corrected chi connectivity index (χ0v) is 9.17. The van der Waals surface area contributed by atoms with Crippen LogP contribution in [-0.2, 0) is 6.54 Å². The lowest BCUT2D eigenvalue weighted by Crippen LogP contribution is -2.16. The molecule has 5 nitrogen and oxygen atoms in total. The van der Waals surface area contributed by atoms with Gasteiger partial charge in [-0.1, -0.05) is 35.5 Å². The van der Waals surface area contributed by atoms with Gasteiger partial charge in [0, 0.05) is 18.5 Å². The second kappa shape index (κ2) is 4.01. The van der Waals surface area contributed by atoms with Crippen molar-refractivity contribution in [2.75, 3.05) is 6.61 Å². The summed E-state index contributed by atoms with van der Waals surface area (Å²) in [5, 5.41) is 7.84. The average molecular weight is 229 g/mol. The van der Waals surface area contributed by atoms with Crippen molar-refractivity contribution in [1.82, 2.24) is 15.0 Å². The van der Waals surface area contributed by atoms with Crippen molar-refractivity contribution in [1.29, 1.82) is 0 Å². The van der Waals surface area contributed by atoms with E-state index in [1.165, 1.54) is 0 Å². The molecule has 86 valence electrons. The third-order valence-electron chi connectivity index (χ3n) is 2.69. The molecule has 0 saturated heterocycles. The molecule has 0 spiro atoms. The van der Waals surface area contributed by atoms with Gasteiger partial charge in [-0.3, -0.25) is 4.79 Å². The van der Waals surface area contributed by atoms with Crippen molar-refractivity contribution in [3.8, 4) is 5.88 Å². The fraction of sp³-hybridized carbons (Fsp3) is 0.250. The van der Waals surface area contributed by atoms with E-state index >= 15 is 0 Å². The smallest absolute Gasteiger partial charge is 0.244 e. The van der Waals surface area contributed by atoms with Gasteiger partial charge in [-0.15, -0.1) is 5.10 Å². The van der Waals surface area contributed by atoms with Crippen LogP contribution in [0.3, 0.4) is 0 Å². The predicted molar refractivity (Wildman–Crippen MR) is 60.0 cm³/mol. The number of hydrogen-bond acceptors (Lipinski definition) is 4. The molecule has 2 heterocycles. The number of carbonyl (C=O) groups is 1. The molecule has 0 bridgehead atoms. The van der Waals surface area contributed by atoms with Gasteiger partial charge in [-0.05, 0) is 0 Å². The second-order valence-corrected chi connectivity index (χ2v) is 3.86. The zero-order valence-electron chi connectivity index (χ0n) is 9.17. The van der Waals surface area contributed by atoms with Crippen LogP contribution in [0.25, 0.3) is 0 Å². The van der Waals surface area contributed by atoms with Crippen LogP contribution in [-0.4, -0.2) is 27.4 Å². The lowest BCUT2D eigenvalue weighted by atomic mass is 10.1. The van der Waals surface area contributed by atoms with E-state index in [0.717, 1.165) is 13.0 Å². The molecule has 2 aromatic rings. The van der Waals surface area contributed by atoms with E-state index in [0.29, 0.717) is 23.7 Å². The van der Waals surface area contributed by atoms with Crippen LogP contribution in [0.1, 0.15) is 22.5 Å². The van der Waals surface area contributed by atoms with Gasteiger partial charge in [0.1, 0.15) is 0 Å². The minimum atomic E-state index is -0.145. The van der Waals surface area contributed by atoms with E-state index in [-0.39, 0.29) is 5.78 Å². The van der Waals surface area contributed by atoms with Gasteiger partial charge < -0.3 is 4.74 Å². The third-order valence-corrected chi connectivity index (χ3v) is 2.69. The quantitative estimate of drug-likeness (QED) is 0.728. The molecule has 0 N–H and O–H groups in total. The van der Waals surface area contributed by atoms with E-state index < -0.39 is 0 Å². The fourth-order valence-corrected chi connectivity index (χ4v) is 1.85. The number of ketones is 1. The summed E-state index contributed by atoms with van der Waals surface area (Å²) in [5.74, 6) is 0.346. The fourth-order valence-electron chi connectivity index (χ4n) is 1.85. The van der Waals surface area contributed by atoms with Crippen LogP contribution in [0.5, 0.6) is 5.88 Å². The Kier molecular flexibility index (Phi) is 2.36. The van der Waals surface area contributed by atoms with Crippen molar-refractivity contribution >= 4 is 5.78 Å². The van der Waals surface area contributed by atoms with Gasteiger partial charge in [-0.25, -0.2) is 4.68 Å². The van der Waals surface area contributed by atoms with E-state index in [2.05, 4.69) is 10.3 Å². The second-order valence-electron chi connectivity index (χ2n) is 3.86. The van der Waals surface area contributed by atoms with Crippen LogP contribution < -0.4 is 4.74 Å². The summed E-state index contributed by atoms with van der Waals surface area (Å²) in [6.45, 7) is 1.37. The Balaban J connectivity index is 2.00. The van der Waals surface area contributed by atoms with Crippen molar-refractivity contribution in [3.63, 3.8) is 0 Å². The van der Waals surface area contributed by atoms with Crippen LogP contribution in [0.15, 0.2) is 30.3 Å². The number of rotatable bonds is 2. The Bertz CT molecular complexity index is 548. The molecule has 0 amide bonds. The first-order valence-electron chi connectivity index (χ1n) is 5.52. The first-order valence-corrected chi connectivity index (χ1v) is 5.52. The molecule has 5 heteroatoms. The summed E-state index contributed by atoms with van der Waals surface area (Å²) in [6.07, 6.45) is 0.898. The van der Waals surface area contributed by atoms with E-state index in [4.69, 9.17) is 4.74 Å². The molecule has 1 aromatic heterocycles. The highest BCUT2D eigenvalue weighted by Crippen LogP contribution is 2.22. The molecule has 1 aliphatic heterocycles. The van der Waals surface area contributed by atoms with E-state index in [1.807, 2.05) is 18.2 Å². The topological polar surface area (TPSA) is 57.0 Å². The molecule has 1 aliphatic rings. The van der Waals surface area contributed by atoms with Gasteiger partial charge >= 0.3 is 0 Å². The number of nitrogens with zero attached hydrogens (tertiary/aromatic N) is 3. The number of benzene rings is 1. The van der Waals surface area contributed by atoms with Gasteiger partial charge in [0.2, 0.25) is 11.7 Å². The number of fused-ring (bicyclic) bond motifs is 1. The summed E-state index contributed by atoms with van der Waals surface area (Å²) in [6, 6.07) is 9.04. The standard InChI is InChI=1S/C12H11N3O2/c16-11(9-5-2-1-3-6-9)10-12-15(14-13-10)7-4-8-17-12/h1-3,5-6H,4,7-8H2. The van der Waals surface area contributed by atoms with E-state index in [1.54, 1.807) is 16.8 Å². The number of hydrogen-bond donors (Lipinski definition) is 0. The van der Waals surface area contributed by atoms with Crippen molar-refractivity contribution in [3.05, 3.63) is 41.6 Å². The number of carbonyl (C=O) groups excluding carboxylic acids is 1. The number of aryl methyl sites for hydroxylation is 1. The van der Waals surface area contributed by atoms with Crippen molar-refractivity contribution in [2.24, 2.45) is 0 Å². The van der Waals surface area contributed by atoms with Crippen molar-refractivity contribution in [2.45, 2.75) is 13.0 Å². The molecule has 0 atom stereocenters. The molecule has 0 fully saturated rings. The third kappa shape index (κ3) is 1.69. The molecule has 1 aromatic carbocycles. The molecular weight excluding hydrogens is 218 g/mol. The van der Waals surface area contributed by atoms with Crippen LogP contribution in [0, 0.1) is 0 Å². The highest BCUT2D eigenvalue weighted by atomic mass is 16.5. The lowest BCUT2D eigenvalue weighted by Gasteiger charge is -2.14. The van der Waals surface area contributed by atoms with Crippen LogP contribution in [0.2, 0.25) is 0 Å². The number of aromatic nitrogens is 3. The molecule has 0 radical (unpaired) electrons. The average Bonchev–Trinajstić information content (AvgIpc) is 2.83. The lowest BCUT2D eigenvalue weighted by molar-refractivity contribution is 0.102. The maximum Gasteiger partial charge on any atom is 0.244 e. The van der Waals surface area contributed by atoms with Gasteiger partial charge in [0.05, 0.1) is 6.61 Å². The van der Waals surface area contributed by atoms with Gasteiger partial charge in [-0.2, -0.15) is 0 Å². The zero-order chi connectivity index (χ0) is 11.7. The molecule has 0 saturated carbocycles. The van der Waals surface area contributed by atoms with Gasteiger partial charge in [0.15, 0.2) is 5.69 Å².